The van der Waals surface area contributed by atoms with Crippen LogP contribution in [0, 0.1) is 11.3 Å². The van der Waals surface area contributed by atoms with Crippen molar-refractivity contribution in [1.29, 1.82) is 5.26 Å². The van der Waals surface area contributed by atoms with Crippen LogP contribution in [-0.4, -0.2) is 15.3 Å². The van der Waals surface area contributed by atoms with Gasteiger partial charge in [0.1, 0.15) is 0 Å². The normalized spacial score (nSPS) is 17.8. The summed E-state index contributed by atoms with van der Waals surface area (Å²) in [5.74, 6) is -1.30. The quantitative estimate of drug-likeness (QED) is 0.610. The second-order valence-corrected chi connectivity index (χ2v) is 3.88. The number of phenols is 3. The Bertz CT molecular complexity index is 444. The van der Waals surface area contributed by atoms with E-state index < -0.39 is 11.2 Å². The molecule has 1 aliphatic carbocycles. The smallest absolute Gasteiger partial charge is 0.200 e. The molecule has 1 aromatic rings. The second-order valence-electron chi connectivity index (χ2n) is 3.88. The van der Waals surface area contributed by atoms with Crippen molar-refractivity contribution in [3.8, 4) is 23.3 Å². The van der Waals surface area contributed by atoms with Crippen LogP contribution in [-0.2, 0) is 5.41 Å². The van der Waals surface area contributed by atoms with Gasteiger partial charge >= 0.3 is 0 Å². The molecular formula is C11H11NO3. The van der Waals surface area contributed by atoms with Gasteiger partial charge in [-0.2, -0.15) is 5.26 Å². The summed E-state index contributed by atoms with van der Waals surface area (Å²) < 4.78 is 0. The van der Waals surface area contributed by atoms with Gasteiger partial charge in [0.2, 0.25) is 5.75 Å². The molecule has 1 fully saturated rings. The van der Waals surface area contributed by atoms with Gasteiger partial charge in [-0.15, -0.1) is 0 Å². The van der Waals surface area contributed by atoms with Crippen LogP contribution in [0.2, 0.25) is 0 Å². The maximum Gasteiger partial charge on any atom is 0.200 e. The average Bonchev–Trinajstić information content (AvgIpc) is 2.17. The average molecular weight is 205 g/mol. The van der Waals surface area contributed by atoms with Crippen LogP contribution in [0.5, 0.6) is 17.2 Å². The van der Waals surface area contributed by atoms with Crippen LogP contribution in [0.1, 0.15) is 24.8 Å². The second kappa shape index (κ2) is 3.06. The number of aromatic hydroxyl groups is 3. The van der Waals surface area contributed by atoms with E-state index in [1.807, 2.05) is 0 Å². The number of nitrogens with zero attached hydrogens (tertiary/aromatic N) is 1. The van der Waals surface area contributed by atoms with Gasteiger partial charge < -0.3 is 15.3 Å². The minimum Gasteiger partial charge on any atom is -0.504 e. The first-order chi connectivity index (χ1) is 7.10. The summed E-state index contributed by atoms with van der Waals surface area (Å²) in [6, 6.07) is 4.95. The summed E-state index contributed by atoms with van der Waals surface area (Å²) in [7, 11) is 0. The first-order valence-corrected chi connectivity index (χ1v) is 4.76. The Labute approximate surface area is 87.0 Å². The highest BCUT2D eigenvalue weighted by molar-refractivity contribution is 5.57. The first-order valence-electron chi connectivity index (χ1n) is 4.76. The Hall–Kier alpha value is -1.89. The Morgan fingerprint density at radius 1 is 1.13 bits per heavy atom. The lowest BCUT2D eigenvalue weighted by Crippen LogP contribution is -2.32. The molecule has 78 valence electrons. The minimum atomic E-state index is -0.685. The number of hydrogen-bond donors (Lipinski definition) is 3. The number of phenolic OH excluding ortho intramolecular Hbond substituents is 3. The fraction of sp³-hybridized carbons (Fsp3) is 0.364. The van der Waals surface area contributed by atoms with Gasteiger partial charge in [-0.1, -0.05) is 0 Å². The van der Waals surface area contributed by atoms with Crippen molar-refractivity contribution in [2.45, 2.75) is 24.7 Å². The standard InChI is InChI=1S/C11H11NO3/c12-6-11(4-1-5-11)7-2-3-8(13)10(15)9(7)14/h2-3,13-15H,1,4-5H2. The largest absolute Gasteiger partial charge is 0.504 e. The predicted octanol–water partition coefficient (Wildman–Crippen LogP) is 1.75. The molecule has 4 heteroatoms. The molecule has 0 heterocycles. The molecule has 3 N–H and O–H groups in total. The zero-order valence-corrected chi connectivity index (χ0v) is 8.06. The molecule has 15 heavy (non-hydrogen) atoms. The van der Waals surface area contributed by atoms with E-state index >= 15 is 0 Å². The predicted molar refractivity (Wildman–Crippen MR) is 52.6 cm³/mol. The van der Waals surface area contributed by atoms with Gasteiger partial charge in [0.05, 0.1) is 11.5 Å². The number of hydrogen-bond acceptors (Lipinski definition) is 4. The molecule has 0 unspecified atom stereocenters. The summed E-state index contributed by atoms with van der Waals surface area (Å²) in [5.41, 5.74) is -0.276. The topological polar surface area (TPSA) is 84.5 Å². The maximum atomic E-state index is 9.65. The molecule has 0 spiro atoms. The summed E-state index contributed by atoms with van der Waals surface area (Å²) in [5, 5.41) is 37.2. The van der Waals surface area contributed by atoms with Gasteiger partial charge in [0.25, 0.3) is 0 Å². The molecule has 1 saturated carbocycles. The third-order valence-corrected chi connectivity index (χ3v) is 3.07. The molecule has 0 bridgehead atoms. The van der Waals surface area contributed by atoms with Crippen molar-refractivity contribution >= 4 is 0 Å². The zero-order chi connectivity index (χ0) is 11.1. The highest BCUT2D eigenvalue weighted by Crippen LogP contribution is 2.50. The molecule has 0 aliphatic heterocycles. The fourth-order valence-corrected chi connectivity index (χ4v) is 1.93. The first kappa shape index (κ1) is 9.66. The van der Waals surface area contributed by atoms with Crippen molar-refractivity contribution in [3.63, 3.8) is 0 Å². The molecule has 0 radical (unpaired) electrons. The molecule has 0 amide bonds. The Kier molecular flexibility index (Phi) is 1.97. The molecule has 0 atom stereocenters. The van der Waals surface area contributed by atoms with E-state index in [0.29, 0.717) is 18.4 Å². The lowest BCUT2D eigenvalue weighted by Gasteiger charge is -2.36. The van der Waals surface area contributed by atoms with Gasteiger partial charge in [-0.3, -0.25) is 0 Å². The van der Waals surface area contributed by atoms with E-state index in [2.05, 4.69) is 6.07 Å². The molecule has 0 aromatic heterocycles. The molecule has 1 aromatic carbocycles. The number of benzene rings is 1. The summed E-state index contributed by atoms with van der Waals surface area (Å²) in [6.07, 6.45) is 2.30. The third kappa shape index (κ3) is 1.20. The SMILES string of the molecule is N#CC1(c2ccc(O)c(O)c2O)CCC1. The van der Waals surface area contributed by atoms with Crippen molar-refractivity contribution in [2.75, 3.05) is 0 Å². The monoisotopic (exact) mass is 205 g/mol. The molecule has 1 aliphatic rings. The minimum absolute atomic E-state index is 0.372. The van der Waals surface area contributed by atoms with Crippen LogP contribution in [0.15, 0.2) is 12.1 Å². The van der Waals surface area contributed by atoms with Crippen molar-refractivity contribution in [1.82, 2.24) is 0 Å². The van der Waals surface area contributed by atoms with Gasteiger partial charge in [-0.25, -0.2) is 0 Å². The van der Waals surface area contributed by atoms with E-state index in [0.717, 1.165) is 6.42 Å². The van der Waals surface area contributed by atoms with Crippen LogP contribution in [0.3, 0.4) is 0 Å². The Morgan fingerprint density at radius 2 is 1.80 bits per heavy atom. The molecule has 4 nitrogen and oxygen atoms in total. The van der Waals surface area contributed by atoms with Crippen LogP contribution in [0.4, 0.5) is 0 Å². The molecule has 2 rings (SSSR count). The molecular weight excluding hydrogens is 194 g/mol. The zero-order valence-electron chi connectivity index (χ0n) is 8.06. The van der Waals surface area contributed by atoms with Gasteiger partial charge in [-0.05, 0) is 31.4 Å². The van der Waals surface area contributed by atoms with E-state index in [-0.39, 0.29) is 11.5 Å². The molecule has 0 saturated heterocycles. The third-order valence-electron chi connectivity index (χ3n) is 3.07. The number of nitriles is 1. The van der Waals surface area contributed by atoms with Crippen molar-refractivity contribution in [3.05, 3.63) is 17.7 Å². The van der Waals surface area contributed by atoms with Crippen LogP contribution >= 0.6 is 0 Å². The van der Waals surface area contributed by atoms with Crippen LogP contribution in [0.25, 0.3) is 0 Å². The fourth-order valence-electron chi connectivity index (χ4n) is 1.93. The lowest BCUT2D eigenvalue weighted by molar-refractivity contribution is 0.301. The lowest BCUT2D eigenvalue weighted by atomic mass is 9.65. The highest BCUT2D eigenvalue weighted by atomic mass is 16.3. The van der Waals surface area contributed by atoms with Crippen molar-refractivity contribution < 1.29 is 15.3 Å². The van der Waals surface area contributed by atoms with E-state index in [1.165, 1.54) is 12.1 Å². The van der Waals surface area contributed by atoms with Gasteiger partial charge in [0, 0.05) is 5.56 Å². The van der Waals surface area contributed by atoms with Crippen molar-refractivity contribution in [2.24, 2.45) is 0 Å². The van der Waals surface area contributed by atoms with E-state index in [9.17, 15) is 10.2 Å². The van der Waals surface area contributed by atoms with E-state index in [4.69, 9.17) is 10.4 Å². The maximum absolute atomic E-state index is 9.65. The summed E-state index contributed by atoms with van der Waals surface area (Å²) >= 11 is 0. The van der Waals surface area contributed by atoms with Gasteiger partial charge in [0.15, 0.2) is 11.5 Å². The highest BCUT2D eigenvalue weighted by Gasteiger charge is 2.41. The Morgan fingerprint density at radius 3 is 2.27 bits per heavy atom. The summed E-state index contributed by atoms with van der Waals surface area (Å²) in [4.78, 5) is 0. The summed E-state index contributed by atoms with van der Waals surface area (Å²) in [6.45, 7) is 0. The Balaban J connectivity index is 2.55. The van der Waals surface area contributed by atoms with E-state index in [1.54, 1.807) is 0 Å². The van der Waals surface area contributed by atoms with Crippen LogP contribution < -0.4 is 0 Å². The number of rotatable bonds is 1.